The molecule has 1 aromatic carbocycles. The van der Waals surface area contributed by atoms with Gasteiger partial charge in [0.15, 0.2) is 0 Å². The average Bonchev–Trinajstić information content (AvgIpc) is 2.43. The molecule has 0 spiro atoms. The number of carbonyl (C=O) groups excluding carboxylic acids is 1. The number of esters is 1. The summed E-state index contributed by atoms with van der Waals surface area (Å²) in [5, 5.41) is 4.03. The molecule has 1 unspecified atom stereocenters. The van der Waals surface area contributed by atoms with Crippen LogP contribution in [0.15, 0.2) is 24.3 Å². The maximum absolute atomic E-state index is 12.7. The summed E-state index contributed by atoms with van der Waals surface area (Å²) in [6, 6.07) is 7.52. The lowest BCUT2D eigenvalue weighted by atomic mass is 9.70. The summed E-state index contributed by atoms with van der Waals surface area (Å²) < 4.78 is 5.37. The minimum Gasteiger partial charge on any atom is -0.464 e. The van der Waals surface area contributed by atoms with Crippen molar-refractivity contribution < 1.29 is 9.53 Å². The Hall–Kier alpha value is -0.870. The van der Waals surface area contributed by atoms with Gasteiger partial charge in [-0.3, -0.25) is 0 Å². The average molecular weight is 328 g/mol. The molecule has 2 rings (SSSR count). The molecule has 0 aliphatic carbocycles. The maximum Gasteiger partial charge on any atom is 0.333 e. The Kier molecular flexibility index (Phi) is 5.10. The van der Waals surface area contributed by atoms with E-state index >= 15 is 0 Å². The number of hydrogen-bond acceptors (Lipinski definition) is 4. The molecule has 1 aliphatic heterocycles. The van der Waals surface area contributed by atoms with E-state index in [1.807, 2.05) is 31.2 Å². The molecule has 5 heteroatoms. The number of nitrogens with one attached hydrogen (secondary N) is 1. The van der Waals surface area contributed by atoms with Gasteiger partial charge in [0.2, 0.25) is 0 Å². The maximum atomic E-state index is 12.7. The Bertz CT molecular complexity index is 521. The topological polar surface area (TPSA) is 38.3 Å². The van der Waals surface area contributed by atoms with E-state index in [2.05, 4.69) is 19.2 Å². The second-order valence-electron chi connectivity index (χ2n) is 5.92. The highest BCUT2D eigenvalue weighted by Gasteiger charge is 2.54. The second-order valence-corrected chi connectivity index (χ2v) is 7.43. The van der Waals surface area contributed by atoms with Crippen molar-refractivity contribution >= 4 is 35.0 Å². The fraction of sp³-hybridized carbons (Fsp3) is 0.562. The Labute approximate surface area is 135 Å². The van der Waals surface area contributed by atoms with Crippen LogP contribution in [0.4, 0.5) is 5.69 Å². The molecule has 1 N–H and O–H groups in total. The standard InChI is InChI=1S/C16H22ClNO2S/c1-4-20-14(19)16(11-21-10-9-15(16,2)3)18-13-8-6-5-7-12(13)17/h5-8,18H,4,9-11H2,1-3H3. The fourth-order valence-electron chi connectivity index (χ4n) is 2.60. The van der Waals surface area contributed by atoms with Crippen molar-refractivity contribution in [1.29, 1.82) is 0 Å². The lowest BCUT2D eigenvalue weighted by Crippen LogP contribution is -2.62. The predicted octanol–water partition coefficient (Wildman–Crippen LogP) is 4.22. The van der Waals surface area contributed by atoms with Crippen LogP contribution in [0, 0.1) is 5.41 Å². The van der Waals surface area contributed by atoms with Gasteiger partial charge in [0.25, 0.3) is 0 Å². The normalized spacial score (nSPS) is 24.4. The second kappa shape index (κ2) is 6.49. The van der Waals surface area contributed by atoms with Gasteiger partial charge in [0, 0.05) is 11.2 Å². The van der Waals surface area contributed by atoms with Crippen molar-refractivity contribution in [2.45, 2.75) is 32.7 Å². The fourth-order valence-corrected chi connectivity index (χ4v) is 4.47. The smallest absolute Gasteiger partial charge is 0.333 e. The molecular formula is C16H22ClNO2S. The molecule has 1 fully saturated rings. The largest absolute Gasteiger partial charge is 0.464 e. The third-order valence-corrected chi connectivity index (χ3v) is 5.65. The number of rotatable bonds is 4. The van der Waals surface area contributed by atoms with Gasteiger partial charge in [0.1, 0.15) is 5.54 Å². The van der Waals surface area contributed by atoms with E-state index in [0.717, 1.165) is 17.9 Å². The van der Waals surface area contributed by atoms with Gasteiger partial charge < -0.3 is 10.1 Å². The van der Waals surface area contributed by atoms with Gasteiger partial charge in [-0.1, -0.05) is 37.6 Å². The molecule has 1 atom stereocenters. The summed E-state index contributed by atoms with van der Waals surface area (Å²) in [6.45, 7) is 6.45. The van der Waals surface area contributed by atoms with Crippen LogP contribution in [-0.4, -0.2) is 29.6 Å². The highest BCUT2D eigenvalue weighted by atomic mass is 35.5. The van der Waals surface area contributed by atoms with E-state index in [-0.39, 0.29) is 11.4 Å². The highest BCUT2D eigenvalue weighted by molar-refractivity contribution is 7.99. The molecule has 0 aromatic heterocycles. The van der Waals surface area contributed by atoms with E-state index in [1.165, 1.54) is 0 Å². The molecule has 116 valence electrons. The summed E-state index contributed by atoms with van der Waals surface area (Å²) in [6.07, 6.45) is 0.952. The van der Waals surface area contributed by atoms with Crippen molar-refractivity contribution in [2.75, 3.05) is 23.4 Å². The number of thioether (sulfide) groups is 1. The summed E-state index contributed by atoms with van der Waals surface area (Å²) in [4.78, 5) is 12.7. The minimum atomic E-state index is -0.753. The zero-order valence-electron chi connectivity index (χ0n) is 12.7. The molecule has 0 saturated carbocycles. The van der Waals surface area contributed by atoms with Crippen LogP contribution < -0.4 is 5.32 Å². The monoisotopic (exact) mass is 327 g/mol. The van der Waals surface area contributed by atoms with Crippen molar-refractivity contribution in [3.8, 4) is 0 Å². The lowest BCUT2D eigenvalue weighted by Gasteiger charge is -2.48. The number of halogens is 1. The van der Waals surface area contributed by atoms with Crippen molar-refractivity contribution in [3.63, 3.8) is 0 Å². The molecule has 1 heterocycles. The van der Waals surface area contributed by atoms with Gasteiger partial charge in [-0.25, -0.2) is 4.79 Å². The summed E-state index contributed by atoms with van der Waals surface area (Å²) in [5.41, 5.74) is -0.177. The molecule has 1 aromatic rings. The number of ether oxygens (including phenoxy) is 1. The quantitative estimate of drug-likeness (QED) is 0.840. The number of para-hydroxylation sites is 1. The Morgan fingerprint density at radius 2 is 2.14 bits per heavy atom. The highest BCUT2D eigenvalue weighted by Crippen LogP contribution is 2.45. The molecule has 0 bridgehead atoms. The van der Waals surface area contributed by atoms with Gasteiger partial charge in [-0.15, -0.1) is 0 Å². The SMILES string of the molecule is CCOC(=O)C1(Nc2ccccc2Cl)CSCCC1(C)C. The molecular weight excluding hydrogens is 306 g/mol. The number of anilines is 1. The third-order valence-electron chi connectivity index (χ3n) is 4.19. The predicted molar refractivity (Wildman–Crippen MR) is 90.2 cm³/mol. The van der Waals surface area contributed by atoms with Crippen LogP contribution >= 0.6 is 23.4 Å². The minimum absolute atomic E-state index is 0.192. The zero-order valence-corrected chi connectivity index (χ0v) is 14.3. The van der Waals surface area contributed by atoms with Crippen molar-refractivity contribution in [3.05, 3.63) is 29.3 Å². The number of carbonyl (C=O) groups is 1. The van der Waals surface area contributed by atoms with Crippen LogP contribution in [0.5, 0.6) is 0 Å². The molecule has 0 radical (unpaired) electrons. The van der Waals surface area contributed by atoms with Crippen LogP contribution in [0.3, 0.4) is 0 Å². The van der Waals surface area contributed by atoms with E-state index in [4.69, 9.17) is 16.3 Å². The molecule has 21 heavy (non-hydrogen) atoms. The van der Waals surface area contributed by atoms with Gasteiger partial charge in [0.05, 0.1) is 17.3 Å². The first kappa shape index (κ1) is 16.5. The first-order chi connectivity index (χ1) is 9.93. The summed E-state index contributed by atoms with van der Waals surface area (Å²) >= 11 is 8.04. The van der Waals surface area contributed by atoms with Gasteiger partial charge >= 0.3 is 5.97 Å². The third kappa shape index (κ3) is 3.16. The number of hydrogen-bond donors (Lipinski definition) is 1. The van der Waals surface area contributed by atoms with Crippen LogP contribution in [0.25, 0.3) is 0 Å². The van der Waals surface area contributed by atoms with E-state index in [0.29, 0.717) is 17.4 Å². The first-order valence-corrected chi connectivity index (χ1v) is 8.74. The summed E-state index contributed by atoms with van der Waals surface area (Å²) in [7, 11) is 0. The molecule has 1 saturated heterocycles. The Balaban J connectivity index is 2.41. The van der Waals surface area contributed by atoms with Crippen molar-refractivity contribution in [2.24, 2.45) is 5.41 Å². The molecule has 3 nitrogen and oxygen atoms in total. The van der Waals surface area contributed by atoms with E-state index in [9.17, 15) is 4.79 Å². The Morgan fingerprint density at radius 3 is 2.76 bits per heavy atom. The Morgan fingerprint density at radius 1 is 1.43 bits per heavy atom. The van der Waals surface area contributed by atoms with E-state index < -0.39 is 5.54 Å². The van der Waals surface area contributed by atoms with Crippen LogP contribution in [-0.2, 0) is 9.53 Å². The van der Waals surface area contributed by atoms with Crippen LogP contribution in [0.2, 0.25) is 5.02 Å². The van der Waals surface area contributed by atoms with Gasteiger partial charge in [-0.2, -0.15) is 11.8 Å². The van der Waals surface area contributed by atoms with Crippen molar-refractivity contribution in [1.82, 2.24) is 0 Å². The number of benzene rings is 1. The van der Waals surface area contributed by atoms with E-state index in [1.54, 1.807) is 11.8 Å². The molecule has 0 amide bonds. The lowest BCUT2D eigenvalue weighted by molar-refractivity contribution is -0.152. The summed E-state index contributed by atoms with van der Waals surface area (Å²) in [5.74, 6) is 1.55. The van der Waals surface area contributed by atoms with Gasteiger partial charge in [-0.05, 0) is 31.2 Å². The first-order valence-electron chi connectivity index (χ1n) is 7.20. The zero-order chi connectivity index (χ0) is 15.5. The molecule has 1 aliphatic rings. The van der Waals surface area contributed by atoms with Crippen LogP contribution in [0.1, 0.15) is 27.2 Å².